The molecule has 0 unspecified atom stereocenters. The van der Waals surface area contributed by atoms with Gasteiger partial charge in [-0.1, -0.05) is 6.92 Å². The van der Waals surface area contributed by atoms with Crippen molar-refractivity contribution in [3.8, 4) is 0 Å². The van der Waals surface area contributed by atoms with E-state index in [1.54, 1.807) is 18.5 Å². The first kappa shape index (κ1) is 15.2. The highest BCUT2D eigenvalue weighted by Crippen LogP contribution is 2.25. The Balaban J connectivity index is 2.09. The second-order valence-electron chi connectivity index (χ2n) is 4.38. The average molecular weight is 314 g/mol. The molecule has 0 atom stereocenters. The van der Waals surface area contributed by atoms with Crippen molar-refractivity contribution < 1.29 is 8.42 Å². The lowest BCUT2D eigenvalue weighted by molar-refractivity contribution is 0.583. The first-order chi connectivity index (χ1) is 9.53. The van der Waals surface area contributed by atoms with Crippen LogP contribution in [0.25, 0.3) is 0 Å². The Kier molecular flexibility index (Phi) is 4.92. The molecule has 0 aliphatic rings. The van der Waals surface area contributed by atoms with Crippen LogP contribution in [0.3, 0.4) is 0 Å². The molecule has 0 aliphatic heterocycles. The van der Waals surface area contributed by atoms with Gasteiger partial charge in [0.05, 0.1) is 6.20 Å². The quantitative estimate of drug-likeness (QED) is 0.720. The zero-order valence-corrected chi connectivity index (χ0v) is 13.1. The molecule has 0 bridgehead atoms. The molecule has 0 saturated carbocycles. The number of aryl methyl sites for hydroxylation is 1. The zero-order valence-electron chi connectivity index (χ0n) is 11.4. The number of sulfonamides is 1. The molecule has 0 spiro atoms. The average Bonchev–Trinajstić information content (AvgIpc) is 3.04. The van der Waals surface area contributed by atoms with Gasteiger partial charge in [0.2, 0.25) is 10.0 Å². The Bertz CT molecular complexity index is 647. The summed E-state index contributed by atoms with van der Waals surface area (Å²) in [6.07, 6.45) is 3.26. The fourth-order valence-electron chi connectivity index (χ4n) is 1.66. The van der Waals surface area contributed by atoms with Gasteiger partial charge < -0.3 is 5.32 Å². The molecule has 0 fully saturated rings. The molecule has 20 heavy (non-hydrogen) atoms. The van der Waals surface area contributed by atoms with Crippen LogP contribution >= 0.6 is 11.3 Å². The van der Waals surface area contributed by atoms with Gasteiger partial charge in [-0.15, -0.1) is 11.3 Å². The number of aromatic amines is 1. The van der Waals surface area contributed by atoms with Crippen LogP contribution in [-0.2, 0) is 23.1 Å². The zero-order chi connectivity index (χ0) is 14.6. The number of thiophene rings is 1. The van der Waals surface area contributed by atoms with E-state index in [2.05, 4.69) is 20.2 Å². The molecule has 2 aromatic heterocycles. The normalized spacial score (nSPS) is 11.9. The summed E-state index contributed by atoms with van der Waals surface area (Å²) in [5.41, 5.74) is 1.80. The molecule has 2 aromatic rings. The van der Waals surface area contributed by atoms with Gasteiger partial charge >= 0.3 is 0 Å². The number of rotatable bonds is 7. The van der Waals surface area contributed by atoms with Crippen LogP contribution in [-0.4, -0.2) is 25.2 Å². The van der Waals surface area contributed by atoms with Crippen LogP contribution < -0.4 is 10.0 Å². The third kappa shape index (κ3) is 3.66. The van der Waals surface area contributed by atoms with E-state index in [-0.39, 0.29) is 6.54 Å². The summed E-state index contributed by atoms with van der Waals surface area (Å²) in [5.74, 6) is 0. The maximum Gasteiger partial charge on any atom is 0.250 e. The standard InChI is InChI=1S/C12H18N4O2S2/c1-3-13-8-11-9(2)4-12(19-11)20(17,18)16-7-10-5-14-15-6-10/h4-6,13,16H,3,7-8H2,1-2H3,(H,14,15). The van der Waals surface area contributed by atoms with Crippen molar-refractivity contribution >= 4 is 21.4 Å². The van der Waals surface area contributed by atoms with Gasteiger partial charge in [-0.3, -0.25) is 5.10 Å². The molecule has 3 N–H and O–H groups in total. The van der Waals surface area contributed by atoms with Crippen molar-refractivity contribution in [1.82, 2.24) is 20.2 Å². The van der Waals surface area contributed by atoms with E-state index in [1.165, 1.54) is 11.3 Å². The Labute approximate surface area is 122 Å². The minimum absolute atomic E-state index is 0.234. The summed E-state index contributed by atoms with van der Waals surface area (Å²) in [7, 11) is -3.46. The number of aromatic nitrogens is 2. The largest absolute Gasteiger partial charge is 0.312 e. The molecule has 110 valence electrons. The van der Waals surface area contributed by atoms with E-state index in [4.69, 9.17) is 0 Å². The van der Waals surface area contributed by atoms with Crippen LogP contribution in [0.5, 0.6) is 0 Å². The first-order valence-electron chi connectivity index (χ1n) is 6.30. The number of H-pyrrole nitrogens is 1. The molecule has 2 heterocycles. The molecule has 0 radical (unpaired) electrons. The first-order valence-corrected chi connectivity index (χ1v) is 8.60. The number of nitrogens with zero attached hydrogens (tertiary/aromatic N) is 1. The van der Waals surface area contributed by atoms with Crippen LogP contribution in [0.15, 0.2) is 22.7 Å². The second-order valence-corrected chi connectivity index (χ2v) is 7.51. The summed E-state index contributed by atoms with van der Waals surface area (Å²) in [6.45, 7) is 5.74. The Hall–Kier alpha value is -1.22. The fourth-order valence-corrected chi connectivity index (χ4v) is 4.28. The van der Waals surface area contributed by atoms with Crippen LogP contribution in [0.1, 0.15) is 22.9 Å². The van der Waals surface area contributed by atoms with Gasteiger partial charge in [-0.05, 0) is 25.1 Å². The maximum absolute atomic E-state index is 12.2. The van der Waals surface area contributed by atoms with Crippen LogP contribution in [0, 0.1) is 6.92 Å². The lowest BCUT2D eigenvalue weighted by atomic mass is 10.3. The fraction of sp³-hybridized carbons (Fsp3) is 0.417. The van der Waals surface area contributed by atoms with E-state index in [0.29, 0.717) is 10.8 Å². The highest BCUT2D eigenvalue weighted by molar-refractivity contribution is 7.91. The van der Waals surface area contributed by atoms with Crippen LogP contribution in [0.2, 0.25) is 0 Å². The summed E-state index contributed by atoms with van der Waals surface area (Å²) >= 11 is 1.31. The smallest absolute Gasteiger partial charge is 0.250 e. The third-order valence-electron chi connectivity index (χ3n) is 2.82. The van der Waals surface area contributed by atoms with Gasteiger partial charge in [0.1, 0.15) is 4.21 Å². The summed E-state index contributed by atoms with van der Waals surface area (Å²) in [5, 5.41) is 9.64. The van der Waals surface area contributed by atoms with E-state index >= 15 is 0 Å². The van der Waals surface area contributed by atoms with Gasteiger partial charge in [0, 0.05) is 29.7 Å². The highest BCUT2D eigenvalue weighted by Gasteiger charge is 2.18. The summed E-state index contributed by atoms with van der Waals surface area (Å²) in [4.78, 5) is 1.05. The van der Waals surface area contributed by atoms with Crippen molar-refractivity contribution in [2.75, 3.05) is 6.54 Å². The Morgan fingerprint density at radius 1 is 1.40 bits per heavy atom. The molecule has 6 nitrogen and oxygen atoms in total. The molecule has 0 amide bonds. The topological polar surface area (TPSA) is 86.9 Å². The molecule has 0 saturated heterocycles. The predicted octanol–water partition coefficient (Wildman–Crippen LogP) is 1.37. The number of nitrogens with one attached hydrogen (secondary N) is 3. The van der Waals surface area contributed by atoms with E-state index in [0.717, 1.165) is 22.5 Å². The van der Waals surface area contributed by atoms with Gasteiger partial charge in [-0.2, -0.15) is 5.10 Å². The minimum Gasteiger partial charge on any atom is -0.312 e. The van der Waals surface area contributed by atoms with Gasteiger partial charge in [0.15, 0.2) is 0 Å². The maximum atomic E-state index is 12.2. The Morgan fingerprint density at radius 3 is 2.85 bits per heavy atom. The van der Waals surface area contributed by atoms with Gasteiger partial charge in [-0.25, -0.2) is 13.1 Å². The molecular formula is C12H18N4O2S2. The van der Waals surface area contributed by atoms with Crippen LogP contribution in [0.4, 0.5) is 0 Å². The molecular weight excluding hydrogens is 296 g/mol. The van der Waals surface area contributed by atoms with Gasteiger partial charge in [0.25, 0.3) is 0 Å². The molecule has 0 aromatic carbocycles. The molecule has 2 rings (SSSR count). The van der Waals surface area contributed by atoms with Crippen molar-refractivity contribution in [3.63, 3.8) is 0 Å². The summed E-state index contributed by atoms with van der Waals surface area (Å²) < 4.78 is 27.4. The monoisotopic (exact) mass is 314 g/mol. The lowest BCUT2D eigenvalue weighted by Gasteiger charge is -2.02. The molecule has 0 aliphatic carbocycles. The van der Waals surface area contributed by atoms with Crippen molar-refractivity contribution in [2.24, 2.45) is 0 Å². The molecule has 8 heteroatoms. The number of hydrogen-bond acceptors (Lipinski definition) is 5. The second kappa shape index (κ2) is 6.49. The Morgan fingerprint density at radius 2 is 2.20 bits per heavy atom. The number of hydrogen-bond donors (Lipinski definition) is 3. The van der Waals surface area contributed by atoms with Crippen molar-refractivity contribution in [3.05, 3.63) is 34.5 Å². The van der Waals surface area contributed by atoms with E-state index in [9.17, 15) is 8.42 Å². The minimum atomic E-state index is -3.46. The predicted molar refractivity (Wildman–Crippen MR) is 79.0 cm³/mol. The van der Waals surface area contributed by atoms with Crippen molar-refractivity contribution in [1.29, 1.82) is 0 Å². The van der Waals surface area contributed by atoms with Crippen molar-refractivity contribution in [2.45, 2.75) is 31.1 Å². The van der Waals surface area contributed by atoms with E-state index < -0.39 is 10.0 Å². The highest BCUT2D eigenvalue weighted by atomic mass is 32.2. The lowest BCUT2D eigenvalue weighted by Crippen LogP contribution is -2.22. The SMILES string of the molecule is CCNCc1sc(S(=O)(=O)NCc2cn[nH]c2)cc1C. The summed E-state index contributed by atoms with van der Waals surface area (Å²) in [6, 6.07) is 1.72. The van der Waals surface area contributed by atoms with E-state index in [1.807, 2.05) is 13.8 Å². The third-order valence-corrected chi connectivity index (χ3v) is 5.93.